The molecule has 3 aromatic rings. The molecule has 3 aromatic carbocycles. The van der Waals surface area contributed by atoms with E-state index < -0.39 is 5.97 Å². The SMILES string of the molecule is O=C1OC(c2ccccc2Cl)=N/C1=C\c1ccccc1OCc1ccccc1I. The van der Waals surface area contributed by atoms with Crippen molar-refractivity contribution in [2.75, 3.05) is 0 Å². The maximum atomic E-state index is 12.3. The number of halogens is 2. The van der Waals surface area contributed by atoms with Crippen LogP contribution in [-0.4, -0.2) is 11.9 Å². The average Bonchev–Trinajstić information content (AvgIpc) is 3.09. The average molecular weight is 516 g/mol. The van der Waals surface area contributed by atoms with E-state index in [1.807, 2.05) is 54.6 Å². The van der Waals surface area contributed by atoms with Gasteiger partial charge in [-0.1, -0.05) is 60.1 Å². The maximum absolute atomic E-state index is 12.3. The molecule has 4 nitrogen and oxygen atoms in total. The van der Waals surface area contributed by atoms with E-state index in [1.54, 1.807) is 24.3 Å². The van der Waals surface area contributed by atoms with Crippen molar-refractivity contribution in [2.45, 2.75) is 6.61 Å². The summed E-state index contributed by atoms with van der Waals surface area (Å²) in [6.07, 6.45) is 1.66. The maximum Gasteiger partial charge on any atom is 0.363 e. The number of benzene rings is 3. The monoisotopic (exact) mass is 515 g/mol. The molecule has 1 aliphatic rings. The zero-order valence-electron chi connectivity index (χ0n) is 15.1. The quantitative estimate of drug-likeness (QED) is 0.243. The summed E-state index contributed by atoms with van der Waals surface area (Å²) < 4.78 is 12.5. The third-order valence-corrected chi connectivity index (χ3v) is 5.66. The predicted octanol–water partition coefficient (Wildman–Crippen LogP) is 5.87. The number of hydrogen-bond donors (Lipinski definition) is 0. The Bertz CT molecular complexity index is 1140. The third kappa shape index (κ3) is 4.52. The van der Waals surface area contributed by atoms with Gasteiger partial charge in [0.15, 0.2) is 5.70 Å². The Balaban J connectivity index is 1.61. The number of carbonyl (C=O) groups excluding carboxylic acids is 1. The molecule has 0 atom stereocenters. The van der Waals surface area contributed by atoms with Gasteiger partial charge in [0, 0.05) is 14.7 Å². The first kappa shape index (κ1) is 19.7. The number of hydrogen-bond acceptors (Lipinski definition) is 4. The molecule has 0 radical (unpaired) electrons. The highest BCUT2D eigenvalue weighted by Crippen LogP contribution is 2.27. The molecule has 0 unspecified atom stereocenters. The molecule has 0 aromatic heterocycles. The van der Waals surface area contributed by atoms with Crippen LogP contribution in [0.3, 0.4) is 0 Å². The number of cyclic esters (lactones) is 1. The van der Waals surface area contributed by atoms with E-state index in [-0.39, 0.29) is 11.6 Å². The van der Waals surface area contributed by atoms with Crippen LogP contribution in [0.25, 0.3) is 6.08 Å². The largest absolute Gasteiger partial charge is 0.488 e. The molecule has 0 bridgehead atoms. The number of carbonyl (C=O) groups is 1. The van der Waals surface area contributed by atoms with Crippen LogP contribution in [0, 0.1) is 3.57 Å². The molecule has 0 aliphatic carbocycles. The van der Waals surface area contributed by atoms with Crippen LogP contribution in [0.5, 0.6) is 5.75 Å². The Labute approximate surface area is 187 Å². The van der Waals surface area contributed by atoms with Crippen molar-refractivity contribution in [2.24, 2.45) is 4.99 Å². The molecule has 144 valence electrons. The zero-order chi connectivity index (χ0) is 20.2. The third-order valence-electron chi connectivity index (χ3n) is 4.28. The molecular weight excluding hydrogens is 501 g/mol. The molecular formula is C23H15ClINO3. The molecule has 29 heavy (non-hydrogen) atoms. The van der Waals surface area contributed by atoms with Crippen molar-refractivity contribution >= 4 is 52.1 Å². The fraction of sp³-hybridized carbons (Fsp3) is 0.0435. The summed E-state index contributed by atoms with van der Waals surface area (Å²) in [7, 11) is 0. The molecule has 0 N–H and O–H groups in total. The van der Waals surface area contributed by atoms with Crippen LogP contribution >= 0.6 is 34.2 Å². The molecule has 4 rings (SSSR count). The van der Waals surface area contributed by atoms with Crippen molar-refractivity contribution in [3.05, 3.63) is 104 Å². The van der Waals surface area contributed by atoms with Gasteiger partial charge in [0.2, 0.25) is 5.90 Å². The lowest BCUT2D eigenvalue weighted by Crippen LogP contribution is -2.05. The Kier molecular flexibility index (Phi) is 5.97. The molecule has 1 heterocycles. The van der Waals surface area contributed by atoms with E-state index in [1.165, 1.54) is 0 Å². The van der Waals surface area contributed by atoms with Crippen LogP contribution in [0.1, 0.15) is 16.7 Å². The van der Waals surface area contributed by atoms with Gasteiger partial charge in [-0.05, 0) is 52.9 Å². The lowest BCUT2D eigenvalue weighted by molar-refractivity contribution is -0.129. The predicted molar refractivity (Wildman–Crippen MR) is 122 cm³/mol. The second-order valence-corrected chi connectivity index (χ2v) is 7.80. The van der Waals surface area contributed by atoms with Crippen LogP contribution in [0.2, 0.25) is 5.02 Å². The fourth-order valence-electron chi connectivity index (χ4n) is 2.81. The van der Waals surface area contributed by atoms with E-state index in [4.69, 9.17) is 21.1 Å². The van der Waals surface area contributed by atoms with Gasteiger partial charge < -0.3 is 9.47 Å². The topological polar surface area (TPSA) is 47.9 Å². The smallest absolute Gasteiger partial charge is 0.363 e. The second kappa shape index (κ2) is 8.80. The first-order chi connectivity index (χ1) is 14.1. The summed E-state index contributed by atoms with van der Waals surface area (Å²) in [6, 6.07) is 22.6. The standard InChI is InChI=1S/C23H15ClINO3/c24-18-10-4-3-9-17(18)22-26-20(23(27)29-22)13-15-7-2-6-12-21(15)28-14-16-8-1-5-11-19(16)25/h1-13H,14H2/b20-13-. The van der Waals surface area contributed by atoms with Gasteiger partial charge in [0.1, 0.15) is 12.4 Å². The van der Waals surface area contributed by atoms with Crippen LogP contribution in [-0.2, 0) is 16.1 Å². The normalized spacial score (nSPS) is 14.6. The van der Waals surface area contributed by atoms with E-state index >= 15 is 0 Å². The Hall–Kier alpha value is -2.64. The van der Waals surface area contributed by atoms with Gasteiger partial charge in [0.05, 0.1) is 10.6 Å². The van der Waals surface area contributed by atoms with Crippen LogP contribution in [0.15, 0.2) is 83.5 Å². The molecule has 1 aliphatic heterocycles. The van der Waals surface area contributed by atoms with Gasteiger partial charge in [0.25, 0.3) is 0 Å². The van der Waals surface area contributed by atoms with E-state index in [0.717, 1.165) is 14.7 Å². The minimum atomic E-state index is -0.521. The Morgan fingerprint density at radius 1 is 1.00 bits per heavy atom. The number of rotatable bonds is 5. The highest BCUT2D eigenvalue weighted by atomic mass is 127. The van der Waals surface area contributed by atoms with Gasteiger partial charge in [-0.15, -0.1) is 0 Å². The van der Waals surface area contributed by atoms with Crippen molar-refractivity contribution in [1.82, 2.24) is 0 Å². The summed E-state index contributed by atoms with van der Waals surface area (Å²) in [5, 5.41) is 0.474. The summed E-state index contributed by atoms with van der Waals surface area (Å²) >= 11 is 8.47. The molecule has 0 amide bonds. The number of nitrogens with zero attached hydrogens (tertiary/aromatic N) is 1. The summed E-state index contributed by atoms with van der Waals surface area (Å²) in [4.78, 5) is 16.7. The van der Waals surface area contributed by atoms with E-state index in [9.17, 15) is 4.79 Å². The van der Waals surface area contributed by atoms with Crippen LogP contribution in [0.4, 0.5) is 0 Å². The summed E-state index contributed by atoms with van der Waals surface area (Å²) in [5.41, 5.74) is 2.61. The first-order valence-corrected chi connectivity index (χ1v) is 10.3. The molecule has 0 saturated heterocycles. The summed E-state index contributed by atoms with van der Waals surface area (Å²) in [6.45, 7) is 0.428. The number of esters is 1. The second-order valence-electron chi connectivity index (χ2n) is 6.23. The van der Waals surface area contributed by atoms with Crippen molar-refractivity contribution in [3.8, 4) is 5.75 Å². The zero-order valence-corrected chi connectivity index (χ0v) is 18.1. The number of ether oxygens (including phenoxy) is 2. The number of para-hydroxylation sites is 1. The van der Waals surface area contributed by atoms with Gasteiger partial charge >= 0.3 is 5.97 Å². The summed E-state index contributed by atoms with van der Waals surface area (Å²) in [5.74, 6) is 0.338. The molecule has 0 saturated carbocycles. The minimum absolute atomic E-state index is 0.198. The van der Waals surface area contributed by atoms with E-state index in [0.29, 0.717) is 22.9 Å². The number of aliphatic imine (C=N–C) groups is 1. The lowest BCUT2D eigenvalue weighted by atomic mass is 10.1. The molecule has 0 spiro atoms. The molecule has 6 heteroatoms. The lowest BCUT2D eigenvalue weighted by Gasteiger charge is -2.10. The highest BCUT2D eigenvalue weighted by molar-refractivity contribution is 14.1. The minimum Gasteiger partial charge on any atom is -0.488 e. The van der Waals surface area contributed by atoms with Gasteiger partial charge in [-0.3, -0.25) is 0 Å². The Morgan fingerprint density at radius 3 is 2.55 bits per heavy atom. The van der Waals surface area contributed by atoms with Gasteiger partial charge in [-0.2, -0.15) is 0 Å². The van der Waals surface area contributed by atoms with Crippen molar-refractivity contribution in [1.29, 1.82) is 0 Å². The fourth-order valence-corrected chi connectivity index (χ4v) is 3.57. The Morgan fingerprint density at radius 2 is 1.72 bits per heavy atom. The van der Waals surface area contributed by atoms with E-state index in [2.05, 4.69) is 27.6 Å². The first-order valence-electron chi connectivity index (χ1n) is 8.84. The van der Waals surface area contributed by atoms with Crippen molar-refractivity contribution < 1.29 is 14.3 Å². The van der Waals surface area contributed by atoms with Crippen LogP contribution < -0.4 is 4.74 Å². The van der Waals surface area contributed by atoms with Crippen molar-refractivity contribution in [3.63, 3.8) is 0 Å². The van der Waals surface area contributed by atoms with Gasteiger partial charge in [-0.25, -0.2) is 9.79 Å². The molecule has 0 fully saturated rings. The highest BCUT2D eigenvalue weighted by Gasteiger charge is 2.25.